The van der Waals surface area contributed by atoms with Gasteiger partial charge >= 0.3 is 0 Å². The first-order valence-electron chi connectivity index (χ1n) is 6.92. The van der Waals surface area contributed by atoms with Crippen LogP contribution in [0.2, 0.25) is 0 Å². The molecule has 0 atom stereocenters. The molecule has 0 unspecified atom stereocenters. The molecule has 20 heavy (non-hydrogen) atoms. The lowest BCUT2D eigenvalue weighted by molar-refractivity contribution is -0.384. The first-order chi connectivity index (χ1) is 9.61. The number of nitrogens with one attached hydrogen (secondary N) is 2. The van der Waals surface area contributed by atoms with E-state index in [1.54, 1.807) is 6.07 Å². The molecule has 6 nitrogen and oxygen atoms in total. The van der Waals surface area contributed by atoms with Gasteiger partial charge in [0.15, 0.2) is 0 Å². The lowest BCUT2D eigenvalue weighted by Gasteiger charge is -2.25. The van der Waals surface area contributed by atoms with Gasteiger partial charge in [-0.25, -0.2) is 0 Å². The molecule has 0 aromatic heterocycles. The van der Waals surface area contributed by atoms with E-state index in [9.17, 15) is 14.9 Å². The first kappa shape index (κ1) is 14.3. The van der Waals surface area contributed by atoms with Crippen molar-refractivity contribution in [3.05, 3.63) is 33.9 Å². The number of carbonyl (C=O) groups is 1. The molecule has 0 saturated heterocycles. The zero-order valence-electron chi connectivity index (χ0n) is 11.5. The fourth-order valence-electron chi connectivity index (χ4n) is 2.19. The van der Waals surface area contributed by atoms with Crippen molar-refractivity contribution in [3.63, 3.8) is 0 Å². The van der Waals surface area contributed by atoms with Crippen LogP contribution in [-0.4, -0.2) is 23.9 Å². The quantitative estimate of drug-likeness (QED) is 0.618. The summed E-state index contributed by atoms with van der Waals surface area (Å²) >= 11 is 0. The molecule has 108 valence electrons. The molecule has 0 heterocycles. The molecular weight excluding hydrogens is 258 g/mol. The van der Waals surface area contributed by atoms with Gasteiger partial charge in [-0.05, 0) is 37.8 Å². The summed E-state index contributed by atoms with van der Waals surface area (Å²) in [6.45, 7) is 3.08. The summed E-state index contributed by atoms with van der Waals surface area (Å²) in [5.41, 5.74) is 0.872. The van der Waals surface area contributed by atoms with Crippen molar-refractivity contribution in [2.75, 3.05) is 18.4 Å². The van der Waals surface area contributed by atoms with Crippen LogP contribution in [-0.2, 0) is 0 Å². The highest BCUT2D eigenvalue weighted by Crippen LogP contribution is 2.29. The molecule has 6 heteroatoms. The van der Waals surface area contributed by atoms with Gasteiger partial charge in [-0.15, -0.1) is 0 Å². The maximum atomic E-state index is 11.8. The van der Waals surface area contributed by atoms with Gasteiger partial charge in [0.1, 0.15) is 5.69 Å². The van der Waals surface area contributed by atoms with E-state index >= 15 is 0 Å². The molecule has 2 N–H and O–H groups in total. The van der Waals surface area contributed by atoms with Crippen LogP contribution in [0.3, 0.4) is 0 Å². The van der Waals surface area contributed by atoms with Gasteiger partial charge in [0.2, 0.25) is 0 Å². The van der Waals surface area contributed by atoms with E-state index in [-0.39, 0.29) is 11.6 Å². The average Bonchev–Trinajstić information content (AvgIpc) is 2.36. The summed E-state index contributed by atoms with van der Waals surface area (Å²) in [4.78, 5) is 22.4. The minimum absolute atomic E-state index is 0.0115. The van der Waals surface area contributed by atoms with Crippen LogP contribution < -0.4 is 10.6 Å². The number of anilines is 1. The third-order valence-electron chi connectivity index (χ3n) is 3.60. The van der Waals surface area contributed by atoms with E-state index in [4.69, 9.17) is 0 Å². The Bertz CT molecular complexity index is 512. The van der Waals surface area contributed by atoms with E-state index < -0.39 is 4.92 Å². The van der Waals surface area contributed by atoms with Crippen LogP contribution in [0.25, 0.3) is 0 Å². The maximum Gasteiger partial charge on any atom is 0.292 e. The predicted octanol–water partition coefficient (Wildman–Crippen LogP) is 2.56. The van der Waals surface area contributed by atoms with Crippen LogP contribution in [0.5, 0.6) is 0 Å². The predicted molar refractivity (Wildman–Crippen MR) is 76.9 cm³/mol. The Labute approximate surface area is 117 Å². The largest absolute Gasteiger partial charge is 0.379 e. The smallest absolute Gasteiger partial charge is 0.292 e. The van der Waals surface area contributed by atoms with Crippen LogP contribution in [0.15, 0.2) is 18.2 Å². The number of hydrogen-bond acceptors (Lipinski definition) is 4. The van der Waals surface area contributed by atoms with Crippen molar-refractivity contribution in [1.29, 1.82) is 0 Å². The molecular formula is C14H19N3O3. The average molecular weight is 277 g/mol. The molecule has 1 aliphatic carbocycles. The number of nitrogens with zero attached hydrogens (tertiary/aromatic N) is 1. The zero-order valence-corrected chi connectivity index (χ0v) is 11.5. The van der Waals surface area contributed by atoms with Gasteiger partial charge < -0.3 is 10.6 Å². The van der Waals surface area contributed by atoms with Crippen molar-refractivity contribution in [3.8, 4) is 0 Å². The second-order valence-corrected chi connectivity index (χ2v) is 5.03. The van der Waals surface area contributed by atoms with Gasteiger partial charge in [0, 0.05) is 24.7 Å². The highest BCUT2D eigenvalue weighted by atomic mass is 16.6. The molecule has 0 bridgehead atoms. The van der Waals surface area contributed by atoms with Crippen molar-refractivity contribution < 1.29 is 9.72 Å². The third-order valence-corrected chi connectivity index (χ3v) is 3.60. The Morgan fingerprint density at radius 2 is 2.20 bits per heavy atom. The topological polar surface area (TPSA) is 84.3 Å². The van der Waals surface area contributed by atoms with Crippen molar-refractivity contribution >= 4 is 17.3 Å². The summed E-state index contributed by atoms with van der Waals surface area (Å²) in [6.07, 6.45) is 3.56. The summed E-state index contributed by atoms with van der Waals surface area (Å²) in [5.74, 6) is 0.372. The Morgan fingerprint density at radius 3 is 2.75 bits per heavy atom. The third kappa shape index (κ3) is 3.26. The Morgan fingerprint density at radius 1 is 1.45 bits per heavy atom. The van der Waals surface area contributed by atoms with Crippen LogP contribution in [0, 0.1) is 16.0 Å². The number of carbonyl (C=O) groups excluding carboxylic acids is 1. The number of nitro groups is 1. The molecule has 1 fully saturated rings. The van der Waals surface area contributed by atoms with E-state index in [0.717, 1.165) is 19.4 Å². The summed E-state index contributed by atoms with van der Waals surface area (Å²) in [5, 5.41) is 16.8. The number of benzene rings is 1. The molecule has 0 spiro atoms. The molecule has 1 aromatic carbocycles. The minimum Gasteiger partial charge on any atom is -0.379 e. The van der Waals surface area contributed by atoms with Crippen LogP contribution in [0.1, 0.15) is 36.5 Å². The summed E-state index contributed by atoms with van der Waals surface area (Å²) in [7, 11) is 0. The fourth-order valence-corrected chi connectivity index (χ4v) is 2.19. The van der Waals surface area contributed by atoms with Crippen molar-refractivity contribution in [2.24, 2.45) is 5.92 Å². The van der Waals surface area contributed by atoms with Gasteiger partial charge in [0.25, 0.3) is 11.6 Å². The van der Waals surface area contributed by atoms with Gasteiger partial charge in [-0.2, -0.15) is 0 Å². The molecule has 1 saturated carbocycles. The lowest BCUT2D eigenvalue weighted by atomic mass is 9.85. The molecule has 1 aliphatic rings. The number of amides is 1. The highest BCUT2D eigenvalue weighted by Gasteiger charge is 2.20. The second-order valence-electron chi connectivity index (χ2n) is 5.03. The van der Waals surface area contributed by atoms with E-state index in [1.807, 2.05) is 6.92 Å². The monoisotopic (exact) mass is 277 g/mol. The normalized spacial score (nSPS) is 14.4. The summed E-state index contributed by atoms with van der Waals surface area (Å²) in [6, 6.07) is 4.42. The number of rotatable bonds is 6. The van der Waals surface area contributed by atoms with E-state index in [2.05, 4.69) is 10.6 Å². The molecule has 1 amide bonds. The van der Waals surface area contributed by atoms with Gasteiger partial charge in [0.05, 0.1) is 4.92 Å². The zero-order chi connectivity index (χ0) is 14.5. The minimum atomic E-state index is -0.426. The molecule has 1 aromatic rings. The fraction of sp³-hybridized carbons (Fsp3) is 0.500. The lowest BCUT2D eigenvalue weighted by Crippen LogP contribution is -2.23. The van der Waals surface area contributed by atoms with E-state index in [0.29, 0.717) is 23.7 Å². The van der Waals surface area contributed by atoms with Gasteiger partial charge in [-0.3, -0.25) is 14.9 Å². The number of hydrogen-bond donors (Lipinski definition) is 2. The Kier molecular flexibility index (Phi) is 4.55. The molecule has 2 rings (SSSR count). The maximum absolute atomic E-state index is 11.8. The van der Waals surface area contributed by atoms with E-state index in [1.165, 1.54) is 18.6 Å². The first-order valence-corrected chi connectivity index (χ1v) is 6.92. The Balaban J connectivity index is 2.16. The second kappa shape index (κ2) is 6.36. The number of nitro benzene ring substituents is 1. The van der Waals surface area contributed by atoms with Crippen molar-refractivity contribution in [1.82, 2.24) is 5.32 Å². The highest BCUT2D eigenvalue weighted by molar-refractivity contribution is 5.95. The van der Waals surface area contributed by atoms with Gasteiger partial charge in [-0.1, -0.05) is 6.42 Å². The van der Waals surface area contributed by atoms with Crippen molar-refractivity contribution in [2.45, 2.75) is 26.2 Å². The van der Waals surface area contributed by atoms with Crippen LogP contribution >= 0.6 is 0 Å². The summed E-state index contributed by atoms with van der Waals surface area (Å²) < 4.78 is 0. The SMILES string of the molecule is CCNC(=O)c1ccc([N+](=O)[O-])c(NCC2CCC2)c1. The standard InChI is InChI=1S/C14H19N3O3/c1-2-15-14(18)11-6-7-13(17(19)20)12(8-11)16-9-10-4-3-5-10/h6-8,10,16H,2-5,9H2,1H3,(H,15,18). The molecule has 0 aliphatic heterocycles. The molecule has 0 radical (unpaired) electrons. The van der Waals surface area contributed by atoms with Crippen LogP contribution in [0.4, 0.5) is 11.4 Å². The Hall–Kier alpha value is -2.11.